The maximum atomic E-state index is 12.5. The number of benzene rings is 1. The molecule has 0 aliphatic carbocycles. The monoisotopic (exact) mass is 326 g/mol. The Morgan fingerprint density at radius 1 is 1.42 bits per heavy atom. The number of rotatable bonds is 5. The molecular weight excluding hydrogens is 304 g/mol. The Kier molecular flexibility index (Phi) is 4.64. The zero-order chi connectivity index (χ0) is 17.1. The number of aromatic nitrogens is 2. The molecule has 0 spiro atoms. The number of anilines is 2. The molecule has 2 aromatic rings. The molecule has 1 aromatic carbocycles. The first-order valence-electron chi connectivity index (χ1n) is 8.29. The molecule has 0 bridgehead atoms. The van der Waals surface area contributed by atoms with Crippen molar-refractivity contribution in [1.82, 2.24) is 10.2 Å². The lowest BCUT2D eigenvalue weighted by Crippen LogP contribution is -2.29. The normalized spacial score (nSPS) is 18.7. The van der Waals surface area contributed by atoms with E-state index >= 15 is 0 Å². The molecule has 6 nitrogen and oxygen atoms in total. The van der Waals surface area contributed by atoms with Crippen molar-refractivity contribution in [2.75, 3.05) is 16.8 Å². The van der Waals surface area contributed by atoms with Crippen molar-refractivity contribution < 1.29 is 9.59 Å². The van der Waals surface area contributed by atoms with Gasteiger partial charge >= 0.3 is 0 Å². The number of hydrogen-bond acceptors (Lipinski definition) is 3. The van der Waals surface area contributed by atoms with Gasteiger partial charge in [0.25, 0.3) is 0 Å². The van der Waals surface area contributed by atoms with Crippen molar-refractivity contribution in [3.05, 3.63) is 42.1 Å². The Balaban J connectivity index is 1.77. The number of amides is 2. The van der Waals surface area contributed by atoms with Gasteiger partial charge in [0.2, 0.25) is 11.8 Å². The van der Waals surface area contributed by atoms with Crippen molar-refractivity contribution in [2.45, 2.75) is 32.6 Å². The average molecular weight is 326 g/mol. The fraction of sp³-hybridized carbons (Fsp3) is 0.389. The van der Waals surface area contributed by atoms with E-state index in [0.717, 1.165) is 17.7 Å². The number of para-hydroxylation sites is 1. The molecule has 2 amide bonds. The molecule has 1 aromatic heterocycles. The summed E-state index contributed by atoms with van der Waals surface area (Å²) in [6.45, 7) is 4.70. The highest BCUT2D eigenvalue weighted by molar-refractivity contribution is 6.03. The van der Waals surface area contributed by atoms with E-state index in [-0.39, 0.29) is 24.2 Å². The van der Waals surface area contributed by atoms with Gasteiger partial charge in [-0.1, -0.05) is 32.0 Å². The first-order chi connectivity index (χ1) is 11.6. The van der Waals surface area contributed by atoms with E-state index in [1.165, 1.54) is 0 Å². The lowest BCUT2D eigenvalue weighted by atomic mass is 9.96. The number of nitrogens with zero attached hydrogens (tertiary/aromatic N) is 2. The van der Waals surface area contributed by atoms with Gasteiger partial charge in [0.05, 0.1) is 12.1 Å². The smallest absolute Gasteiger partial charge is 0.230 e. The predicted molar refractivity (Wildman–Crippen MR) is 92.8 cm³/mol. The van der Waals surface area contributed by atoms with Crippen LogP contribution < -0.4 is 10.2 Å². The standard InChI is InChI=1S/C18H22N4O2/c1-3-12(2)14-6-4-5-7-15(14)22-11-13(10-17(22)23)18(24)20-16-8-9-19-21-16/h4-9,12-13H,3,10-11H2,1-2H3,(H2,19,20,21,24)/t12-,13+/m0/s1. The summed E-state index contributed by atoms with van der Waals surface area (Å²) in [6, 6.07) is 9.65. The van der Waals surface area contributed by atoms with Crippen LogP contribution in [0.5, 0.6) is 0 Å². The second kappa shape index (κ2) is 6.86. The van der Waals surface area contributed by atoms with Crippen LogP contribution in [-0.4, -0.2) is 28.6 Å². The van der Waals surface area contributed by atoms with E-state index in [9.17, 15) is 9.59 Å². The van der Waals surface area contributed by atoms with Crippen LogP contribution in [-0.2, 0) is 9.59 Å². The van der Waals surface area contributed by atoms with Crippen molar-refractivity contribution in [1.29, 1.82) is 0 Å². The summed E-state index contributed by atoms with van der Waals surface area (Å²) in [6.07, 6.45) is 2.81. The Morgan fingerprint density at radius 2 is 2.21 bits per heavy atom. The zero-order valence-electron chi connectivity index (χ0n) is 14.0. The van der Waals surface area contributed by atoms with Crippen LogP contribution in [0.2, 0.25) is 0 Å². The van der Waals surface area contributed by atoms with Crippen LogP contribution in [0.1, 0.15) is 38.2 Å². The van der Waals surface area contributed by atoms with Gasteiger partial charge in [-0.15, -0.1) is 0 Å². The number of H-pyrrole nitrogens is 1. The molecule has 0 unspecified atom stereocenters. The second-order valence-corrected chi connectivity index (χ2v) is 6.23. The minimum atomic E-state index is -0.356. The van der Waals surface area contributed by atoms with E-state index in [1.54, 1.807) is 17.2 Å². The minimum absolute atomic E-state index is 0.00415. The SMILES string of the molecule is CC[C@H](C)c1ccccc1N1C[C@H](C(=O)Nc2ccn[nH]2)CC1=O. The number of hydrogen-bond donors (Lipinski definition) is 2. The lowest BCUT2D eigenvalue weighted by molar-refractivity contribution is -0.122. The minimum Gasteiger partial charge on any atom is -0.311 e. The highest BCUT2D eigenvalue weighted by Crippen LogP contribution is 2.33. The molecule has 24 heavy (non-hydrogen) atoms. The van der Waals surface area contributed by atoms with Crippen molar-refractivity contribution in [3.63, 3.8) is 0 Å². The highest BCUT2D eigenvalue weighted by Gasteiger charge is 2.36. The van der Waals surface area contributed by atoms with Gasteiger partial charge in [0.1, 0.15) is 5.82 Å². The predicted octanol–water partition coefficient (Wildman–Crippen LogP) is 2.91. The zero-order valence-corrected chi connectivity index (χ0v) is 14.0. The number of aromatic amines is 1. The topological polar surface area (TPSA) is 78.1 Å². The van der Waals surface area contributed by atoms with Crippen molar-refractivity contribution in [3.8, 4) is 0 Å². The first kappa shape index (κ1) is 16.2. The molecule has 2 heterocycles. The second-order valence-electron chi connectivity index (χ2n) is 6.23. The van der Waals surface area contributed by atoms with Gasteiger partial charge in [0, 0.05) is 24.7 Å². The van der Waals surface area contributed by atoms with Gasteiger partial charge in [0.15, 0.2) is 0 Å². The summed E-state index contributed by atoms with van der Waals surface area (Å²) in [5.41, 5.74) is 2.08. The van der Waals surface area contributed by atoms with Crippen LogP contribution in [0, 0.1) is 5.92 Å². The third-order valence-electron chi connectivity index (χ3n) is 4.63. The fourth-order valence-corrected chi connectivity index (χ4v) is 3.05. The highest BCUT2D eigenvalue weighted by atomic mass is 16.2. The van der Waals surface area contributed by atoms with Crippen LogP contribution in [0.15, 0.2) is 36.5 Å². The third-order valence-corrected chi connectivity index (χ3v) is 4.63. The Labute approximate surface area is 141 Å². The molecule has 1 aliphatic heterocycles. The van der Waals surface area contributed by atoms with Crippen LogP contribution >= 0.6 is 0 Å². The van der Waals surface area contributed by atoms with E-state index in [1.807, 2.05) is 18.2 Å². The summed E-state index contributed by atoms with van der Waals surface area (Å²) >= 11 is 0. The summed E-state index contributed by atoms with van der Waals surface area (Å²) < 4.78 is 0. The Bertz CT molecular complexity index is 726. The average Bonchev–Trinajstić information content (AvgIpc) is 3.23. The van der Waals surface area contributed by atoms with E-state index < -0.39 is 0 Å². The van der Waals surface area contributed by atoms with Gasteiger partial charge in [-0.25, -0.2) is 0 Å². The number of carbonyl (C=O) groups excluding carboxylic acids is 2. The van der Waals surface area contributed by atoms with Crippen LogP contribution in [0.25, 0.3) is 0 Å². The first-order valence-corrected chi connectivity index (χ1v) is 8.29. The molecule has 0 radical (unpaired) electrons. The van der Waals surface area contributed by atoms with E-state index in [0.29, 0.717) is 18.3 Å². The van der Waals surface area contributed by atoms with Gasteiger partial charge in [-0.05, 0) is 24.0 Å². The van der Waals surface area contributed by atoms with E-state index in [2.05, 4.69) is 35.4 Å². The maximum absolute atomic E-state index is 12.5. The lowest BCUT2D eigenvalue weighted by Gasteiger charge is -2.23. The van der Waals surface area contributed by atoms with E-state index in [4.69, 9.17) is 0 Å². The molecule has 1 fully saturated rings. The molecule has 0 saturated carbocycles. The third kappa shape index (κ3) is 3.18. The number of nitrogens with one attached hydrogen (secondary N) is 2. The van der Waals surface area contributed by atoms with Crippen LogP contribution in [0.4, 0.5) is 11.5 Å². The summed E-state index contributed by atoms with van der Waals surface area (Å²) in [7, 11) is 0. The van der Waals surface area contributed by atoms with Crippen molar-refractivity contribution >= 4 is 23.3 Å². The summed E-state index contributed by atoms with van der Waals surface area (Å²) in [5, 5.41) is 9.27. The maximum Gasteiger partial charge on any atom is 0.230 e. The molecule has 2 N–H and O–H groups in total. The molecular formula is C18H22N4O2. The summed E-state index contributed by atoms with van der Waals surface area (Å²) in [5.74, 6) is 0.398. The molecule has 3 rings (SSSR count). The van der Waals surface area contributed by atoms with Crippen molar-refractivity contribution in [2.24, 2.45) is 5.92 Å². The molecule has 1 aliphatic rings. The largest absolute Gasteiger partial charge is 0.311 e. The van der Waals surface area contributed by atoms with Gasteiger partial charge in [-0.3, -0.25) is 14.7 Å². The molecule has 1 saturated heterocycles. The fourth-order valence-electron chi connectivity index (χ4n) is 3.05. The number of carbonyl (C=O) groups is 2. The summed E-state index contributed by atoms with van der Waals surface area (Å²) in [4.78, 5) is 26.6. The molecule has 2 atom stereocenters. The van der Waals surface area contributed by atoms with Gasteiger partial charge < -0.3 is 10.2 Å². The van der Waals surface area contributed by atoms with Gasteiger partial charge in [-0.2, -0.15) is 5.10 Å². The Morgan fingerprint density at radius 3 is 2.92 bits per heavy atom. The molecule has 6 heteroatoms. The van der Waals surface area contributed by atoms with Crippen LogP contribution in [0.3, 0.4) is 0 Å². The quantitative estimate of drug-likeness (QED) is 0.887. The molecule has 126 valence electrons. The Hall–Kier alpha value is -2.63.